The van der Waals surface area contributed by atoms with Crippen molar-refractivity contribution in [1.82, 2.24) is 5.32 Å². The molecule has 5 heteroatoms. The number of carbonyl (C=O) groups excluding carboxylic acids is 1. The van der Waals surface area contributed by atoms with Gasteiger partial charge in [0.1, 0.15) is 11.5 Å². The van der Waals surface area contributed by atoms with Crippen LogP contribution in [0.25, 0.3) is 5.57 Å². The van der Waals surface area contributed by atoms with Gasteiger partial charge in [0.2, 0.25) is 0 Å². The fraction of sp³-hybridized carbons (Fsp3) is 0.381. The molecule has 0 bridgehead atoms. The molecule has 1 amide bonds. The van der Waals surface area contributed by atoms with Crippen molar-refractivity contribution in [3.63, 3.8) is 0 Å². The molecule has 0 radical (unpaired) electrons. The zero-order valence-corrected chi connectivity index (χ0v) is 15.6. The molecule has 26 heavy (non-hydrogen) atoms. The van der Waals surface area contributed by atoms with E-state index >= 15 is 0 Å². The number of rotatable bonds is 9. The number of benzene rings is 1. The molecule has 1 heterocycles. The van der Waals surface area contributed by atoms with E-state index < -0.39 is 0 Å². The van der Waals surface area contributed by atoms with Crippen LogP contribution in [-0.2, 0) is 4.79 Å². The first kappa shape index (κ1) is 19.6. The zero-order chi connectivity index (χ0) is 18.9. The molecule has 1 aromatic heterocycles. The molecule has 2 unspecified atom stereocenters. The van der Waals surface area contributed by atoms with Crippen LogP contribution in [0.3, 0.4) is 0 Å². The minimum absolute atomic E-state index is 0.189. The smallest absolute Gasteiger partial charge is 0.255 e. The van der Waals surface area contributed by atoms with Gasteiger partial charge in [0, 0.05) is 0 Å². The van der Waals surface area contributed by atoms with E-state index in [0.29, 0.717) is 23.8 Å². The number of aliphatic hydroxyl groups excluding tert-OH is 1. The van der Waals surface area contributed by atoms with Crippen LogP contribution in [0, 0.1) is 5.92 Å². The van der Waals surface area contributed by atoms with Crippen LogP contribution in [0.5, 0.6) is 5.75 Å². The molecular formula is C21H27NO4. The van der Waals surface area contributed by atoms with E-state index in [4.69, 9.17) is 9.15 Å². The van der Waals surface area contributed by atoms with E-state index in [1.54, 1.807) is 42.7 Å². The lowest BCUT2D eigenvalue weighted by atomic mass is 10.1. The number of ether oxygens (including phenoxy) is 1. The first-order chi connectivity index (χ1) is 12.5. The molecule has 140 valence electrons. The van der Waals surface area contributed by atoms with Crippen LogP contribution in [0.4, 0.5) is 0 Å². The molecule has 0 aliphatic rings. The van der Waals surface area contributed by atoms with Gasteiger partial charge in [-0.15, -0.1) is 0 Å². The molecule has 1 aromatic carbocycles. The van der Waals surface area contributed by atoms with Crippen molar-refractivity contribution < 1.29 is 19.1 Å². The average Bonchev–Trinajstić information content (AvgIpc) is 3.17. The lowest BCUT2D eigenvalue weighted by Crippen LogP contribution is -2.27. The topological polar surface area (TPSA) is 71.7 Å². The Morgan fingerprint density at radius 3 is 2.58 bits per heavy atom. The molecule has 2 aromatic rings. The summed E-state index contributed by atoms with van der Waals surface area (Å²) in [5, 5.41) is 12.3. The van der Waals surface area contributed by atoms with Gasteiger partial charge in [0.15, 0.2) is 0 Å². The van der Waals surface area contributed by atoms with Gasteiger partial charge < -0.3 is 19.6 Å². The van der Waals surface area contributed by atoms with Gasteiger partial charge in [0.05, 0.1) is 30.7 Å². The van der Waals surface area contributed by atoms with Crippen LogP contribution < -0.4 is 10.1 Å². The van der Waals surface area contributed by atoms with Gasteiger partial charge in [0.25, 0.3) is 5.91 Å². The van der Waals surface area contributed by atoms with E-state index in [1.165, 1.54) is 0 Å². The Morgan fingerprint density at radius 1 is 1.27 bits per heavy atom. The molecule has 2 atom stereocenters. The highest BCUT2D eigenvalue weighted by Gasteiger charge is 2.17. The number of furan rings is 1. The lowest BCUT2D eigenvalue weighted by molar-refractivity contribution is -0.116. The fourth-order valence-electron chi connectivity index (χ4n) is 2.69. The molecule has 0 spiro atoms. The number of hydrogen-bond acceptors (Lipinski definition) is 4. The summed E-state index contributed by atoms with van der Waals surface area (Å²) in [5.41, 5.74) is 0.805. The van der Waals surface area contributed by atoms with Gasteiger partial charge in [-0.25, -0.2) is 0 Å². The van der Waals surface area contributed by atoms with Gasteiger partial charge in [-0.05, 0) is 49.1 Å². The molecular weight excluding hydrogens is 330 g/mol. The second-order valence-electron chi connectivity index (χ2n) is 6.48. The van der Waals surface area contributed by atoms with Crippen LogP contribution in [0.2, 0.25) is 0 Å². The summed E-state index contributed by atoms with van der Waals surface area (Å²) in [4.78, 5) is 12.4. The maximum atomic E-state index is 12.4. The van der Waals surface area contributed by atoms with Crippen molar-refractivity contribution in [3.8, 4) is 5.75 Å². The van der Waals surface area contributed by atoms with E-state index in [1.807, 2.05) is 6.92 Å². The third-order valence-corrected chi connectivity index (χ3v) is 4.17. The Bertz CT molecular complexity index is 704. The van der Waals surface area contributed by atoms with Crippen LogP contribution in [0.15, 0.2) is 53.3 Å². The molecule has 0 aliphatic heterocycles. The largest absolute Gasteiger partial charge is 0.515 e. The van der Waals surface area contributed by atoms with E-state index in [9.17, 15) is 9.90 Å². The number of hydrogen-bond donors (Lipinski definition) is 2. The lowest BCUT2D eigenvalue weighted by Gasteiger charge is -2.14. The first-order valence-corrected chi connectivity index (χ1v) is 8.97. The van der Waals surface area contributed by atoms with Gasteiger partial charge in [-0.2, -0.15) is 0 Å². The van der Waals surface area contributed by atoms with Crippen LogP contribution >= 0.6 is 0 Å². The zero-order valence-electron chi connectivity index (χ0n) is 15.6. The summed E-state index contributed by atoms with van der Waals surface area (Å²) < 4.78 is 11.0. The summed E-state index contributed by atoms with van der Waals surface area (Å²) in [7, 11) is 0. The van der Waals surface area contributed by atoms with Crippen molar-refractivity contribution in [1.29, 1.82) is 0 Å². The predicted octanol–water partition coefficient (Wildman–Crippen LogP) is 4.87. The van der Waals surface area contributed by atoms with Crippen LogP contribution in [0.1, 0.15) is 51.0 Å². The summed E-state index contributed by atoms with van der Waals surface area (Å²) in [6.07, 6.45) is 4.65. The summed E-state index contributed by atoms with van der Waals surface area (Å²) in [6, 6.07) is 10.4. The van der Waals surface area contributed by atoms with Gasteiger partial charge in [-0.3, -0.25) is 4.79 Å². The molecule has 2 rings (SSSR count). The minimum atomic E-state index is -0.373. The fourth-order valence-corrected chi connectivity index (χ4v) is 2.69. The highest BCUT2D eigenvalue weighted by molar-refractivity contribution is 6.19. The molecule has 2 N–H and O–H groups in total. The molecule has 0 saturated heterocycles. The van der Waals surface area contributed by atoms with Crippen molar-refractivity contribution in [3.05, 3.63) is 60.2 Å². The Kier molecular flexibility index (Phi) is 7.33. The third kappa shape index (κ3) is 5.41. The number of nitrogens with one attached hydrogen (secondary N) is 1. The van der Waals surface area contributed by atoms with Gasteiger partial charge in [-0.1, -0.05) is 32.4 Å². The maximum Gasteiger partial charge on any atom is 0.255 e. The highest BCUT2D eigenvalue weighted by Crippen LogP contribution is 2.21. The second kappa shape index (κ2) is 9.70. The molecule has 0 fully saturated rings. The van der Waals surface area contributed by atoms with Crippen molar-refractivity contribution >= 4 is 11.5 Å². The minimum Gasteiger partial charge on any atom is -0.515 e. The molecule has 0 aliphatic carbocycles. The summed E-state index contributed by atoms with van der Waals surface area (Å²) in [5.74, 6) is 1.53. The van der Waals surface area contributed by atoms with Gasteiger partial charge >= 0.3 is 0 Å². The Morgan fingerprint density at radius 2 is 2.00 bits per heavy atom. The number of carbonyl (C=O) groups is 1. The first-order valence-electron chi connectivity index (χ1n) is 8.97. The highest BCUT2D eigenvalue weighted by atomic mass is 16.5. The second-order valence-corrected chi connectivity index (χ2v) is 6.48. The average molecular weight is 357 g/mol. The Labute approximate surface area is 154 Å². The predicted molar refractivity (Wildman–Crippen MR) is 102 cm³/mol. The van der Waals surface area contributed by atoms with Crippen LogP contribution in [-0.4, -0.2) is 17.6 Å². The number of aliphatic hydroxyl groups is 1. The molecule has 5 nitrogen and oxygen atoms in total. The van der Waals surface area contributed by atoms with E-state index in [0.717, 1.165) is 24.9 Å². The number of amides is 1. The Hall–Kier alpha value is -2.69. The monoisotopic (exact) mass is 357 g/mol. The Balaban J connectivity index is 1.97. The maximum absolute atomic E-state index is 12.4. The quantitative estimate of drug-likeness (QED) is 0.496. The standard InChI is InChI=1S/C21H27NO4/c1-4-6-15(2)14-26-18-10-8-17(9-11-18)19(13-23)21(24)22-16(3)20-7-5-12-25-20/h5,7-13,15-16,23H,4,6,14H2,1-3H3,(H,22,24). The van der Waals surface area contributed by atoms with Crippen molar-refractivity contribution in [2.45, 2.75) is 39.7 Å². The van der Waals surface area contributed by atoms with Crippen molar-refractivity contribution in [2.75, 3.05) is 6.61 Å². The van der Waals surface area contributed by atoms with E-state index in [2.05, 4.69) is 19.2 Å². The third-order valence-electron chi connectivity index (χ3n) is 4.17. The summed E-state index contributed by atoms with van der Waals surface area (Å²) >= 11 is 0. The van der Waals surface area contributed by atoms with Crippen molar-refractivity contribution in [2.24, 2.45) is 5.92 Å². The SMILES string of the molecule is CCCC(C)COc1ccc(C(=CO)C(=O)NC(C)c2ccco2)cc1. The summed E-state index contributed by atoms with van der Waals surface area (Å²) in [6.45, 7) is 6.80. The molecule has 0 saturated carbocycles. The van der Waals surface area contributed by atoms with E-state index in [-0.39, 0.29) is 17.5 Å². The normalized spacial score (nSPS) is 13.9.